The summed E-state index contributed by atoms with van der Waals surface area (Å²) in [4.78, 5) is 8.68. The van der Waals surface area contributed by atoms with Gasteiger partial charge in [-0.05, 0) is 25.1 Å². The van der Waals surface area contributed by atoms with Gasteiger partial charge in [0.05, 0.1) is 5.69 Å². The third-order valence-corrected chi connectivity index (χ3v) is 3.22. The SMILES string of the molecule is Fc1cccc(-c2ncnc3c2CCNCC3)c1. The molecular formula is C14H14FN3. The Morgan fingerprint density at radius 3 is 2.89 bits per heavy atom. The van der Waals surface area contributed by atoms with Crippen LogP contribution in [0.4, 0.5) is 4.39 Å². The van der Waals surface area contributed by atoms with Crippen LogP contribution in [-0.2, 0) is 12.8 Å². The molecule has 0 saturated carbocycles. The Morgan fingerprint density at radius 1 is 1.11 bits per heavy atom. The third kappa shape index (κ3) is 2.11. The van der Waals surface area contributed by atoms with E-state index < -0.39 is 0 Å². The number of aromatic nitrogens is 2. The Labute approximate surface area is 105 Å². The van der Waals surface area contributed by atoms with Crippen molar-refractivity contribution in [3.63, 3.8) is 0 Å². The molecule has 0 fully saturated rings. The molecule has 0 amide bonds. The molecule has 0 saturated heterocycles. The lowest BCUT2D eigenvalue weighted by Crippen LogP contribution is -2.16. The molecule has 1 aromatic heterocycles. The number of rotatable bonds is 1. The molecule has 0 aliphatic carbocycles. The van der Waals surface area contributed by atoms with Crippen molar-refractivity contribution in [2.45, 2.75) is 12.8 Å². The maximum absolute atomic E-state index is 13.3. The molecule has 0 atom stereocenters. The van der Waals surface area contributed by atoms with E-state index in [0.717, 1.165) is 48.4 Å². The standard InChI is InChI=1S/C14H14FN3/c15-11-3-1-2-10(8-11)14-12-4-6-16-7-5-13(12)17-9-18-14/h1-3,8-9,16H,4-7H2. The number of nitrogens with one attached hydrogen (secondary N) is 1. The minimum atomic E-state index is -0.230. The van der Waals surface area contributed by atoms with Crippen LogP contribution < -0.4 is 5.32 Å². The van der Waals surface area contributed by atoms with E-state index in [-0.39, 0.29) is 5.82 Å². The second-order valence-electron chi connectivity index (χ2n) is 4.41. The van der Waals surface area contributed by atoms with Crippen LogP contribution in [0.1, 0.15) is 11.3 Å². The zero-order chi connectivity index (χ0) is 12.4. The zero-order valence-electron chi connectivity index (χ0n) is 9.99. The number of benzene rings is 1. The molecule has 3 nitrogen and oxygen atoms in total. The van der Waals surface area contributed by atoms with E-state index in [0.29, 0.717) is 0 Å². The topological polar surface area (TPSA) is 37.8 Å². The molecule has 2 heterocycles. The predicted molar refractivity (Wildman–Crippen MR) is 67.7 cm³/mol. The minimum absolute atomic E-state index is 0.230. The molecule has 1 N–H and O–H groups in total. The molecule has 1 aliphatic heterocycles. The first kappa shape index (κ1) is 11.3. The second-order valence-corrected chi connectivity index (χ2v) is 4.41. The number of hydrogen-bond acceptors (Lipinski definition) is 3. The first-order valence-electron chi connectivity index (χ1n) is 6.14. The van der Waals surface area contributed by atoms with Gasteiger partial charge in [-0.3, -0.25) is 0 Å². The number of fused-ring (bicyclic) bond motifs is 1. The summed E-state index contributed by atoms with van der Waals surface area (Å²) in [5.41, 5.74) is 3.92. The van der Waals surface area contributed by atoms with Crippen molar-refractivity contribution in [2.75, 3.05) is 13.1 Å². The van der Waals surface area contributed by atoms with E-state index in [1.165, 1.54) is 12.1 Å². The summed E-state index contributed by atoms with van der Waals surface area (Å²) in [5, 5.41) is 3.34. The average Bonchev–Trinajstić information content (AvgIpc) is 2.63. The lowest BCUT2D eigenvalue weighted by Gasteiger charge is -2.10. The van der Waals surface area contributed by atoms with Crippen LogP contribution in [0.3, 0.4) is 0 Å². The smallest absolute Gasteiger partial charge is 0.123 e. The van der Waals surface area contributed by atoms with Crippen LogP contribution in [0.2, 0.25) is 0 Å². The van der Waals surface area contributed by atoms with Gasteiger partial charge in [-0.1, -0.05) is 12.1 Å². The van der Waals surface area contributed by atoms with Gasteiger partial charge in [-0.25, -0.2) is 14.4 Å². The number of hydrogen-bond donors (Lipinski definition) is 1. The fourth-order valence-electron chi connectivity index (χ4n) is 2.36. The fourth-order valence-corrected chi connectivity index (χ4v) is 2.36. The van der Waals surface area contributed by atoms with Crippen molar-refractivity contribution >= 4 is 0 Å². The Morgan fingerprint density at radius 2 is 2.00 bits per heavy atom. The van der Waals surface area contributed by atoms with Crippen molar-refractivity contribution in [1.82, 2.24) is 15.3 Å². The largest absolute Gasteiger partial charge is 0.316 e. The molecule has 0 radical (unpaired) electrons. The highest BCUT2D eigenvalue weighted by Crippen LogP contribution is 2.24. The maximum atomic E-state index is 13.3. The average molecular weight is 243 g/mol. The summed E-state index contributed by atoms with van der Waals surface area (Å²) in [7, 11) is 0. The number of halogens is 1. The van der Waals surface area contributed by atoms with Gasteiger partial charge in [-0.2, -0.15) is 0 Å². The zero-order valence-corrected chi connectivity index (χ0v) is 9.99. The highest BCUT2D eigenvalue weighted by atomic mass is 19.1. The minimum Gasteiger partial charge on any atom is -0.316 e. The van der Waals surface area contributed by atoms with Crippen molar-refractivity contribution in [3.05, 3.63) is 47.7 Å². The fraction of sp³-hybridized carbons (Fsp3) is 0.286. The van der Waals surface area contributed by atoms with Crippen LogP contribution in [0.25, 0.3) is 11.3 Å². The molecule has 2 aromatic rings. The lowest BCUT2D eigenvalue weighted by atomic mass is 10.0. The van der Waals surface area contributed by atoms with Crippen molar-refractivity contribution in [1.29, 1.82) is 0 Å². The summed E-state index contributed by atoms with van der Waals surface area (Å²) in [6.07, 6.45) is 3.37. The van der Waals surface area contributed by atoms with E-state index in [9.17, 15) is 4.39 Å². The quantitative estimate of drug-likeness (QED) is 0.832. The van der Waals surface area contributed by atoms with Gasteiger partial charge in [0.1, 0.15) is 12.1 Å². The molecule has 0 bridgehead atoms. The molecule has 1 aliphatic rings. The normalized spacial score (nSPS) is 14.9. The van der Waals surface area contributed by atoms with Crippen LogP contribution >= 0.6 is 0 Å². The molecule has 0 spiro atoms. The predicted octanol–water partition coefficient (Wildman–Crippen LogP) is 1.97. The third-order valence-electron chi connectivity index (χ3n) is 3.22. The molecule has 4 heteroatoms. The van der Waals surface area contributed by atoms with Gasteiger partial charge in [0, 0.05) is 29.8 Å². The van der Waals surface area contributed by atoms with E-state index in [1.807, 2.05) is 6.07 Å². The maximum Gasteiger partial charge on any atom is 0.123 e. The molecular weight excluding hydrogens is 229 g/mol. The summed E-state index contributed by atoms with van der Waals surface area (Å²) in [5.74, 6) is -0.230. The highest BCUT2D eigenvalue weighted by molar-refractivity contribution is 5.63. The Hall–Kier alpha value is -1.81. The lowest BCUT2D eigenvalue weighted by molar-refractivity contribution is 0.628. The van der Waals surface area contributed by atoms with Gasteiger partial charge in [0.2, 0.25) is 0 Å². The Bertz CT molecular complexity index is 569. The van der Waals surface area contributed by atoms with Gasteiger partial charge in [-0.15, -0.1) is 0 Å². The summed E-state index contributed by atoms with van der Waals surface area (Å²) in [6, 6.07) is 6.59. The van der Waals surface area contributed by atoms with E-state index >= 15 is 0 Å². The van der Waals surface area contributed by atoms with Crippen LogP contribution in [-0.4, -0.2) is 23.1 Å². The Balaban J connectivity index is 2.12. The van der Waals surface area contributed by atoms with Gasteiger partial charge in [0.15, 0.2) is 0 Å². The summed E-state index contributed by atoms with van der Waals surface area (Å²) >= 11 is 0. The molecule has 92 valence electrons. The number of nitrogens with zero attached hydrogens (tertiary/aromatic N) is 2. The summed E-state index contributed by atoms with van der Waals surface area (Å²) < 4.78 is 13.3. The molecule has 18 heavy (non-hydrogen) atoms. The van der Waals surface area contributed by atoms with E-state index in [1.54, 1.807) is 12.4 Å². The summed E-state index contributed by atoms with van der Waals surface area (Å²) in [6.45, 7) is 1.86. The molecule has 1 aromatic carbocycles. The Kier molecular flexibility index (Phi) is 3.02. The molecule has 3 rings (SSSR count). The first-order valence-corrected chi connectivity index (χ1v) is 6.14. The van der Waals surface area contributed by atoms with Crippen molar-refractivity contribution < 1.29 is 4.39 Å². The highest BCUT2D eigenvalue weighted by Gasteiger charge is 2.15. The van der Waals surface area contributed by atoms with Crippen molar-refractivity contribution in [3.8, 4) is 11.3 Å². The molecule has 0 unspecified atom stereocenters. The van der Waals surface area contributed by atoms with Gasteiger partial charge >= 0.3 is 0 Å². The van der Waals surface area contributed by atoms with Crippen LogP contribution in [0.15, 0.2) is 30.6 Å². The van der Waals surface area contributed by atoms with Gasteiger partial charge < -0.3 is 5.32 Å². The second kappa shape index (κ2) is 4.82. The van der Waals surface area contributed by atoms with E-state index in [2.05, 4.69) is 15.3 Å². The van der Waals surface area contributed by atoms with Crippen LogP contribution in [0.5, 0.6) is 0 Å². The monoisotopic (exact) mass is 243 g/mol. The van der Waals surface area contributed by atoms with Crippen LogP contribution in [0, 0.1) is 5.82 Å². The van der Waals surface area contributed by atoms with Gasteiger partial charge in [0.25, 0.3) is 0 Å². The van der Waals surface area contributed by atoms with E-state index in [4.69, 9.17) is 0 Å². The first-order chi connectivity index (χ1) is 8.84. The van der Waals surface area contributed by atoms with Crippen molar-refractivity contribution in [2.24, 2.45) is 0 Å².